The summed E-state index contributed by atoms with van der Waals surface area (Å²) in [7, 11) is -3.95. The molecule has 0 saturated heterocycles. The first-order valence-electron chi connectivity index (χ1n) is 6.74. The zero-order valence-corrected chi connectivity index (χ0v) is 12.9. The van der Waals surface area contributed by atoms with Gasteiger partial charge in [-0.25, -0.2) is 4.48 Å². The van der Waals surface area contributed by atoms with E-state index in [1.54, 1.807) is 0 Å². The van der Waals surface area contributed by atoms with Crippen LogP contribution in [0.1, 0.15) is 40.0 Å². The molecule has 0 amide bonds. The van der Waals surface area contributed by atoms with Crippen LogP contribution in [0.15, 0.2) is 36.8 Å². The van der Waals surface area contributed by atoms with Crippen LogP contribution >= 0.6 is 0 Å². The number of hydrogen-bond donors (Lipinski definition) is 1. The molecular formula is C14H26NO3S+. The molecule has 0 rings (SSSR count). The van der Waals surface area contributed by atoms with E-state index in [1.807, 2.05) is 57.6 Å². The van der Waals surface area contributed by atoms with Gasteiger partial charge in [-0.05, 0) is 37.5 Å². The normalized spacial score (nSPS) is 14.1. The molecule has 0 atom stereocenters. The Kier molecular flexibility index (Phi) is 8.63. The van der Waals surface area contributed by atoms with Gasteiger partial charge in [0, 0.05) is 0 Å². The molecule has 0 aliphatic heterocycles. The van der Waals surface area contributed by atoms with Crippen LogP contribution in [0.3, 0.4) is 0 Å². The SMILES string of the molecule is CC/C=C/[N+](/C=C/CC)(/C=C/CC)CCS(=O)(=O)O. The molecule has 0 radical (unpaired) electrons. The van der Waals surface area contributed by atoms with Crippen LogP contribution in [0, 0.1) is 0 Å². The van der Waals surface area contributed by atoms with E-state index in [4.69, 9.17) is 4.55 Å². The van der Waals surface area contributed by atoms with E-state index in [0.29, 0.717) is 11.0 Å². The highest BCUT2D eigenvalue weighted by Gasteiger charge is 2.22. The van der Waals surface area contributed by atoms with Gasteiger partial charge in [0.25, 0.3) is 10.1 Å². The minimum atomic E-state index is -3.95. The Balaban J connectivity index is 5.27. The van der Waals surface area contributed by atoms with E-state index in [9.17, 15) is 8.42 Å². The molecular weight excluding hydrogens is 262 g/mol. The lowest BCUT2D eigenvalue weighted by Crippen LogP contribution is -2.35. The van der Waals surface area contributed by atoms with Gasteiger partial charge in [0.15, 0.2) is 0 Å². The van der Waals surface area contributed by atoms with Gasteiger partial charge in [-0.3, -0.25) is 4.55 Å². The molecule has 0 bridgehead atoms. The molecule has 0 aromatic heterocycles. The summed E-state index contributed by atoms with van der Waals surface area (Å²) in [4.78, 5) is 0. The molecule has 0 unspecified atom stereocenters. The fraction of sp³-hybridized carbons (Fsp3) is 0.571. The molecule has 0 saturated carbocycles. The number of nitrogens with zero attached hydrogens (tertiary/aromatic N) is 1. The van der Waals surface area contributed by atoms with Gasteiger partial charge in [-0.15, -0.1) is 0 Å². The predicted molar refractivity (Wildman–Crippen MR) is 79.8 cm³/mol. The van der Waals surface area contributed by atoms with Crippen molar-refractivity contribution in [3.05, 3.63) is 36.8 Å². The first-order valence-corrected chi connectivity index (χ1v) is 8.35. The van der Waals surface area contributed by atoms with E-state index in [-0.39, 0.29) is 5.75 Å². The van der Waals surface area contributed by atoms with Crippen molar-refractivity contribution in [2.24, 2.45) is 0 Å². The molecule has 4 nitrogen and oxygen atoms in total. The Hall–Kier alpha value is -0.910. The fourth-order valence-corrected chi connectivity index (χ4v) is 2.10. The smallest absolute Gasteiger partial charge is 0.270 e. The Labute approximate surface area is 117 Å². The van der Waals surface area contributed by atoms with Crippen molar-refractivity contribution < 1.29 is 17.5 Å². The minimum Gasteiger partial charge on any atom is -0.285 e. The van der Waals surface area contributed by atoms with E-state index in [0.717, 1.165) is 19.3 Å². The van der Waals surface area contributed by atoms with Gasteiger partial charge in [0.2, 0.25) is 0 Å². The largest absolute Gasteiger partial charge is 0.285 e. The maximum absolute atomic E-state index is 11.0. The van der Waals surface area contributed by atoms with Crippen LogP contribution in [0.25, 0.3) is 0 Å². The van der Waals surface area contributed by atoms with E-state index in [2.05, 4.69) is 0 Å². The molecule has 0 fully saturated rings. The predicted octanol–water partition coefficient (Wildman–Crippen LogP) is 3.46. The second-order valence-electron chi connectivity index (χ2n) is 4.38. The van der Waals surface area contributed by atoms with Crippen molar-refractivity contribution in [1.82, 2.24) is 0 Å². The molecule has 0 aromatic rings. The maximum Gasteiger partial charge on any atom is 0.270 e. The molecule has 0 aromatic carbocycles. The second-order valence-corrected chi connectivity index (χ2v) is 5.96. The van der Waals surface area contributed by atoms with Crippen LogP contribution in [0.2, 0.25) is 0 Å². The first-order chi connectivity index (χ1) is 8.89. The zero-order chi connectivity index (χ0) is 14.8. The second kappa shape index (κ2) is 9.07. The molecule has 0 aliphatic carbocycles. The third-order valence-corrected chi connectivity index (χ3v) is 3.29. The number of hydrogen-bond acceptors (Lipinski definition) is 2. The highest BCUT2D eigenvalue weighted by Crippen LogP contribution is 2.14. The number of quaternary nitrogens is 1. The van der Waals surface area contributed by atoms with E-state index >= 15 is 0 Å². The lowest BCUT2D eigenvalue weighted by molar-refractivity contribution is -0.770. The van der Waals surface area contributed by atoms with Crippen molar-refractivity contribution >= 4 is 10.1 Å². The van der Waals surface area contributed by atoms with Crippen molar-refractivity contribution in [2.75, 3.05) is 12.3 Å². The third kappa shape index (κ3) is 8.75. The number of allylic oxidation sites excluding steroid dienone is 3. The van der Waals surface area contributed by atoms with Crippen molar-refractivity contribution in [3.8, 4) is 0 Å². The topological polar surface area (TPSA) is 54.4 Å². The third-order valence-electron chi connectivity index (χ3n) is 2.59. The van der Waals surface area contributed by atoms with Gasteiger partial charge in [-0.1, -0.05) is 20.8 Å². The molecule has 0 spiro atoms. The van der Waals surface area contributed by atoms with Gasteiger partial charge in [0.1, 0.15) is 30.9 Å². The first kappa shape index (κ1) is 18.1. The Morgan fingerprint density at radius 3 is 1.53 bits per heavy atom. The van der Waals surface area contributed by atoms with Crippen LogP contribution < -0.4 is 0 Å². The standard InChI is InChI=1S/C14H25NO3S/c1-4-7-10-15(11-8-5-2,12-9-6-3)13-14-19(16,17)18/h7-12H,4-6,13-14H2,1-3H3/p+1/b10-7+,11-8+,12-9+. The van der Waals surface area contributed by atoms with Crippen LogP contribution in [-0.2, 0) is 10.1 Å². The van der Waals surface area contributed by atoms with Crippen molar-refractivity contribution in [3.63, 3.8) is 0 Å². The van der Waals surface area contributed by atoms with Crippen molar-refractivity contribution in [2.45, 2.75) is 40.0 Å². The summed E-state index contributed by atoms with van der Waals surface area (Å²) in [6, 6.07) is 0. The monoisotopic (exact) mass is 288 g/mol. The van der Waals surface area contributed by atoms with E-state index < -0.39 is 10.1 Å². The highest BCUT2D eigenvalue weighted by molar-refractivity contribution is 7.85. The summed E-state index contributed by atoms with van der Waals surface area (Å²) in [5, 5.41) is 0. The lowest BCUT2D eigenvalue weighted by atomic mass is 10.3. The molecule has 1 N–H and O–H groups in total. The molecule has 0 aliphatic rings. The number of rotatable bonds is 9. The summed E-state index contributed by atoms with van der Waals surface area (Å²) in [6.45, 7) is 6.38. The summed E-state index contributed by atoms with van der Waals surface area (Å²) >= 11 is 0. The summed E-state index contributed by atoms with van der Waals surface area (Å²) in [5.41, 5.74) is 0. The summed E-state index contributed by atoms with van der Waals surface area (Å²) < 4.78 is 31.2. The average molecular weight is 288 g/mol. The van der Waals surface area contributed by atoms with Crippen LogP contribution in [-0.4, -0.2) is 29.8 Å². The average Bonchev–Trinajstić information content (AvgIpc) is 2.36. The highest BCUT2D eigenvalue weighted by atomic mass is 32.2. The van der Waals surface area contributed by atoms with Gasteiger partial charge in [-0.2, -0.15) is 8.42 Å². The molecule has 0 heterocycles. The van der Waals surface area contributed by atoms with Gasteiger partial charge in [0.05, 0.1) is 0 Å². The molecule has 110 valence electrons. The van der Waals surface area contributed by atoms with Crippen LogP contribution in [0.4, 0.5) is 0 Å². The fourth-order valence-electron chi connectivity index (χ4n) is 1.55. The zero-order valence-electron chi connectivity index (χ0n) is 12.1. The lowest BCUT2D eigenvalue weighted by Gasteiger charge is -2.26. The minimum absolute atomic E-state index is 0.261. The Morgan fingerprint density at radius 1 is 0.895 bits per heavy atom. The van der Waals surface area contributed by atoms with Crippen LogP contribution in [0.5, 0.6) is 0 Å². The summed E-state index contributed by atoms with van der Waals surface area (Å²) in [5.74, 6) is -0.261. The van der Waals surface area contributed by atoms with Gasteiger partial charge >= 0.3 is 0 Å². The molecule has 5 heteroatoms. The summed E-state index contributed by atoms with van der Waals surface area (Å²) in [6.07, 6.45) is 14.5. The molecule has 19 heavy (non-hydrogen) atoms. The van der Waals surface area contributed by atoms with Gasteiger partial charge < -0.3 is 0 Å². The van der Waals surface area contributed by atoms with Crippen molar-refractivity contribution in [1.29, 1.82) is 0 Å². The van der Waals surface area contributed by atoms with E-state index in [1.165, 1.54) is 0 Å². The Morgan fingerprint density at radius 2 is 1.26 bits per heavy atom. The quantitative estimate of drug-likeness (QED) is 0.522. The Bertz CT molecular complexity index is 386. The maximum atomic E-state index is 11.0.